The van der Waals surface area contributed by atoms with Crippen LogP contribution in [0.15, 0.2) is 35.8 Å². The second-order valence-electron chi connectivity index (χ2n) is 3.61. The molecule has 5 heteroatoms. The van der Waals surface area contributed by atoms with Crippen LogP contribution in [-0.4, -0.2) is 19.2 Å². The Labute approximate surface area is 92.6 Å². The number of imidazole rings is 1. The Balaban J connectivity index is 2.16. The van der Waals surface area contributed by atoms with E-state index in [1.165, 1.54) is 6.07 Å². The van der Waals surface area contributed by atoms with Gasteiger partial charge in [-0.1, -0.05) is 0 Å². The fourth-order valence-electron chi connectivity index (χ4n) is 1.55. The van der Waals surface area contributed by atoms with Gasteiger partial charge >= 0.3 is 0 Å². The monoisotopic (exact) mass is 219 g/mol. The van der Waals surface area contributed by atoms with E-state index in [0.29, 0.717) is 12.2 Å². The molecule has 0 saturated heterocycles. The lowest BCUT2D eigenvalue weighted by Gasteiger charge is -2.11. The van der Waals surface area contributed by atoms with Gasteiger partial charge in [0, 0.05) is 37.7 Å². The fourth-order valence-corrected chi connectivity index (χ4v) is 1.55. The Morgan fingerprint density at radius 2 is 2.19 bits per heavy atom. The minimum Gasteiger partial charge on any atom is -0.503 e. The van der Waals surface area contributed by atoms with Crippen LogP contribution in [0.25, 0.3) is 0 Å². The SMILES string of the molecule is Cc1c(O)c(=O)ccn1CCn1ccnc1. The first-order valence-corrected chi connectivity index (χ1v) is 5.03. The molecule has 84 valence electrons. The zero-order valence-corrected chi connectivity index (χ0v) is 9.00. The Morgan fingerprint density at radius 3 is 2.88 bits per heavy atom. The van der Waals surface area contributed by atoms with E-state index in [0.717, 1.165) is 6.54 Å². The number of nitrogens with zero attached hydrogens (tertiary/aromatic N) is 3. The Morgan fingerprint density at radius 1 is 1.38 bits per heavy atom. The van der Waals surface area contributed by atoms with Crippen molar-refractivity contribution in [1.82, 2.24) is 14.1 Å². The minimum atomic E-state index is -0.337. The van der Waals surface area contributed by atoms with Crippen LogP contribution in [0, 0.1) is 6.92 Å². The topological polar surface area (TPSA) is 60.0 Å². The second kappa shape index (κ2) is 4.22. The molecule has 0 aliphatic heterocycles. The smallest absolute Gasteiger partial charge is 0.223 e. The predicted octanol–water partition coefficient (Wildman–Crippen LogP) is 0.759. The summed E-state index contributed by atoms with van der Waals surface area (Å²) in [6.07, 6.45) is 7.01. The van der Waals surface area contributed by atoms with Gasteiger partial charge in [0.1, 0.15) is 0 Å². The number of aromatic hydroxyl groups is 1. The van der Waals surface area contributed by atoms with Crippen molar-refractivity contribution in [3.63, 3.8) is 0 Å². The summed E-state index contributed by atoms with van der Waals surface area (Å²) in [5.74, 6) is -0.173. The van der Waals surface area contributed by atoms with Gasteiger partial charge in [-0.25, -0.2) is 4.98 Å². The van der Waals surface area contributed by atoms with E-state index in [-0.39, 0.29) is 11.2 Å². The molecule has 0 aromatic carbocycles. The third-order valence-corrected chi connectivity index (χ3v) is 2.57. The van der Waals surface area contributed by atoms with Crippen molar-refractivity contribution in [2.45, 2.75) is 20.0 Å². The average molecular weight is 219 g/mol. The van der Waals surface area contributed by atoms with E-state index < -0.39 is 0 Å². The summed E-state index contributed by atoms with van der Waals surface area (Å²) >= 11 is 0. The van der Waals surface area contributed by atoms with Crippen molar-refractivity contribution in [3.8, 4) is 5.75 Å². The summed E-state index contributed by atoms with van der Waals surface area (Å²) in [6.45, 7) is 3.17. The number of pyridine rings is 1. The Bertz CT molecular complexity index is 529. The van der Waals surface area contributed by atoms with Gasteiger partial charge in [-0.3, -0.25) is 4.79 Å². The number of hydrogen-bond acceptors (Lipinski definition) is 3. The van der Waals surface area contributed by atoms with Gasteiger partial charge in [0.2, 0.25) is 5.43 Å². The number of aromatic nitrogens is 3. The molecule has 0 fully saturated rings. The molecule has 0 atom stereocenters. The molecule has 2 rings (SSSR count). The summed E-state index contributed by atoms with van der Waals surface area (Å²) in [4.78, 5) is 15.1. The highest BCUT2D eigenvalue weighted by atomic mass is 16.3. The summed E-state index contributed by atoms with van der Waals surface area (Å²) in [5.41, 5.74) is 0.254. The molecule has 16 heavy (non-hydrogen) atoms. The highest BCUT2D eigenvalue weighted by Crippen LogP contribution is 2.09. The molecule has 0 aliphatic rings. The lowest BCUT2D eigenvalue weighted by Crippen LogP contribution is -2.13. The predicted molar refractivity (Wildman–Crippen MR) is 59.3 cm³/mol. The average Bonchev–Trinajstić information content (AvgIpc) is 2.78. The maximum atomic E-state index is 11.1. The van der Waals surface area contributed by atoms with E-state index in [9.17, 15) is 9.90 Å². The number of hydrogen-bond donors (Lipinski definition) is 1. The highest BCUT2D eigenvalue weighted by molar-refractivity contribution is 5.25. The van der Waals surface area contributed by atoms with Crippen LogP contribution in [-0.2, 0) is 13.1 Å². The van der Waals surface area contributed by atoms with Crippen molar-refractivity contribution >= 4 is 0 Å². The Kier molecular flexibility index (Phi) is 2.76. The summed E-state index contributed by atoms with van der Waals surface area (Å²) in [7, 11) is 0. The van der Waals surface area contributed by atoms with E-state index in [2.05, 4.69) is 4.98 Å². The van der Waals surface area contributed by atoms with Gasteiger partial charge in [0.05, 0.1) is 12.0 Å². The van der Waals surface area contributed by atoms with E-state index >= 15 is 0 Å². The second-order valence-corrected chi connectivity index (χ2v) is 3.61. The molecule has 1 N–H and O–H groups in total. The van der Waals surface area contributed by atoms with Gasteiger partial charge in [-0.05, 0) is 6.92 Å². The first-order chi connectivity index (χ1) is 7.68. The van der Waals surface area contributed by atoms with E-state index in [4.69, 9.17) is 0 Å². The molecule has 0 radical (unpaired) electrons. The van der Waals surface area contributed by atoms with Crippen molar-refractivity contribution in [2.75, 3.05) is 0 Å². The van der Waals surface area contributed by atoms with E-state index in [1.54, 1.807) is 25.6 Å². The van der Waals surface area contributed by atoms with Crippen LogP contribution in [0.5, 0.6) is 5.75 Å². The standard InChI is InChI=1S/C11H13N3O2/c1-9-11(16)10(15)2-4-14(9)7-6-13-5-3-12-8-13/h2-5,8,16H,6-7H2,1H3. The molecule has 2 heterocycles. The van der Waals surface area contributed by atoms with Crippen LogP contribution in [0.4, 0.5) is 0 Å². The van der Waals surface area contributed by atoms with Gasteiger partial charge < -0.3 is 14.2 Å². The van der Waals surface area contributed by atoms with Crippen LogP contribution in [0.1, 0.15) is 5.69 Å². The lowest BCUT2D eigenvalue weighted by atomic mass is 10.3. The quantitative estimate of drug-likeness (QED) is 0.829. The maximum absolute atomic E-state index is 11.1. The molecular formula is C11H13N3O2. The third kappa shape index (κ3) is 1.98. The van der Waals surface area contributed by atoms with Crippen molar-refractivity contribution < 1.29 is 5.11 Å². The number of rotatable bonds is 3. The molecule has 5 nitrogen and oxygen atoms in total. The van der Waals surface area contributed by atoms with Gasteiger partial charge in [0.15, 0.2) is 5.75 Å². The van der Waals surface area contributed by atoms with Crippen LogP contribution >= 0.6 is 0 Å². The Hall–Kier alpha value is -2.04. The van der Waals surface area contributed by atoms with Crippen LogP contribution in [0.3, 0.4) is 0 Å². The summed E-state index contributed by atoms with van der Waals surface area (Å²) in [6, 6.07) is 1.37. The molecule has 0 aliphatic carbocycles. The van der Waals surface area contributed by atoms with Gasteiger partial charge in [-0.15, -0.1) is 0 Å². The molecule has 2 aromatic rings. The van der Waals surface area contributed by atoms with Crippen molar-refractivity contribution in [2.24, 2.45) is 0 Å². The van der Waals surface area contributed by atoms with Crippen LogP contribution in [0.2, 0.25) is 0 Å². The lowest BCUT2D eigenvalue weighted by molar-refractivity contribution is 0.448. The third-order valence-electron chi connectivity index (χ3n) is 2.57. The zero-order valence-electron chi connectivity index (χ0n) is 9.00. The molecule has 0 saturated carbocycles. The van der Waals surface area contributed by atoms with Crippen molar-refractivity contribution in [1.29, 1.82) is 0 Å². The molecule has 0 bridgehead atoms. The molecule has 2 aromatic heterocycles. The van der Waals surface area contributed by atoms with Gasteiger partial charge in [0.25, 0.3) is 0 Å². The van der Waals surface area contributed by atoms with Crippen molar-refractivity contribution in [3.05, 3.63) is 46.9 Å². The van der Waals surface area contributed by atoms with Gasteiger partial charge in [-0.2, -0.15) is 0 Å². The fraction of sp³-hybridized carbons (Fsp3) is 0.273. The van der Waals surface area contributed by atoms with Crippen LogP contribution < -0.4 is 5.43 Å². The molecule has 0 unspecified atom stereocenters. The summed E-state index contributed by atoms with van der Waals surface area (Å²) < 4.78 is 3.78. The minimum absolute atomic E-state index is 0.173. The molecular weight excluding hydrogens is 206 g/mol. The first-order valence-electron chi connectivity index (χ1n) is 5.03. The maximum Gasteiger partial charge on any atom is 0.223 e. The van der Waals surface area contributed by atoms with E-state index in [1.807, 2.05) is 15.3 Å². The first kappa shape index (κ1) is 10.5. The highest BCUT2D eigenvalue weighted by Gasteiger charge is 2.04. The molecule has 0 spiro atoms. The largest absolute Gasteiger partial charge is 0.503 e. The summed E-state index contributed by atoms with van der Waals surface area (Å²) in [5, 5.41) is 9.49. The number of aryl methyl sites for hydroxylation is 2. The zero-order chi connectivity index (χ0) is 11.5. The molecule has 0 amide bonds. The normalized spacial score (nSPS) is 10.6.